The second-order valence-electron chi connectivity index (χ2n) is 4.03. The lowest BCUT2D eigenvalue weighted by Crippen LogP contribution is -2.02. The highest BCUT2D eigenvalue weighted by Crippen LogP contribution is 2.41. The van der Waals surface area contributed by atoms with E-state index in [1.807, 2.05) is 19.1 Å². The average Bonchev–Trinajstić information content (AvgIpc) is 2.70. The predicted octanol–water partition coefficient (Wildman–Crippen LogP) is 5.22. The molecule has 1 aromatic heterocycles. The van der Waals surface area contributed by atoms with Crippen LogP contribution in [0.15, 0.2) is 22.7 Å². The minimum absolute atomic E-state index is 0.483. The van der Waals surface area contributed by atoms with E-state index < -0.39 is 6.10 Å². The lowest BCUT2D eigenvalue weighted by molar-refractivity contribution is 0.215. The van der Waals surface area contributed by atoms with Crippen LogP contribution < -0.4 is 4.74 Å². The number of aliphatic hydroxyl groups is 1. The van der Waals surface area contributed by atoms with Gasteiger partial charge in [-0.25, -0.2) is 0 Å². The normalized spacial score (nSPS) is 12.5. The smallest absolute Gasteiger partial charge is 0.125 e. The van der Waals surface area contributed by atoms with Gasteiger partial charge < -0.3 is 9.84 Å². The van der Waals surface area contributed by atoms with Gasteiger partial charge in [0.1, 0.15) is 16.2 Å². The van der Waals surface area contributed by atoms with Gasteiger partial charge in [0.05, 0.1) is 11.4 Å². The molecule has 0 saturated carbocycles. The molecule has 0 aliphatic rings. The number of rotatable bonds is 3. The summed E-state index contributed by atoms with van der Waals surface area (Å²) in [4.78, 5) is 0. The van der Waals surface area contributed by atoms with E-state index in [0.717, 1.165) is 10.0 Å². The minimum atomic E-state index is -0.872. The Hall–Kier alpha value is -0.260. The molecule has 1 aromatic carbocycles. The summed E-state index contributed by atoms with van der Waals surface area (Å²) in [6.07, 6.45) is -0.872. The molecule has 0 spiro atoms. The molecule has 6 heteroatoms. The molecule has 2 nitrogen and oxygen atoms in total. The van der Waals surface area contributed by atoms with Crippen molar-refractivity contribution in [2.24, 2.45) is 0 Å². The molecule has 0 aliphatic heterocycles. The number of methoxy groups -OCH3 is 1. The fraction of sp³-hybridized carbons (Fsp3) is 0.231. The molecule has 0 saturated heterocycles. The van der Waals surface area contributed by atoms with E-state index in [4.69, 9.17) is 27.9 Å². The Morgan fingerprint density at radius 2 is 1.95 bits per heavy atom. The summed E-state index contributed by atoms with van der Waals surface area (Å²) in [7, 11) is 1.57. The van der Waals surface area contributed by atoms with Crippen LogP contribution >= 0.6 is 50.5 Å². The van der Waals surface area contributed by atoms with Gasteiger partial charge in [0.25, 0.3) is 0 Å². The maximum atomic E-state index is 10.5. The van der Waals surface area contributed by atoms with E-state index in [0.29, 0.717) is 25.5 Å². The van der Waals surface area contributed by atoms with Gasteiger partial charge in [-0.05, 0) is 30.7 Å². The Morgan fingerprint density at radius 1 is 1.26 bits per heavy atom. The molecular weight excluding hydrogens is 371 g/mol. The van der Waals surface area contributed by atoms with Crippen molar-refractivity contribution in [1.82, 2.24) is 0 Å². The average molecular weight is 382 g/mol. The lowest BCUT2D eigenvalue weighted by atomic mass is 10.0. The zero-order valence-electron chi connectivity index (χ0n) is 10.2. The molecule has 0 radical (unpaired) electrons. The van der Waals surface area contributed by atoms with E-state index in [1.165, 1.54) is 11.3 Å². The summed E-state index contributed by atoms with van der Waals surface area (Å²) in [6.45, 7) is 1.96. The highest BCUT2D eigenvalue weighted by Gasteiger charge is 2.21. The van der Waals surface area contributed by atoms with Crippen molar-refractivity contribution in [2.75, 3.05) is 7.11 Å². The minimum Gasteiger partial charge on any atom is -0.496 e. The second-order valence-corrected chi connectivity index (χ2v) is 7.17. The first-order chi connectivity index (χ1) is 8.93. The highest BCUT2D eigenvalue weighted by molar-refractivity contribution is 9.10. The Balaban J connectivity index is 2.52. The van der Waals surface area contributed by atoms with Crippen LogP contribution in [0.4, 0.5) is 0 Å². The number of aryl methyl sites for hydroxylation is 1. The van der Waals surface area contributed by atoms with E-state index in [9.17, 15) is 5.11 Å². The third-order valence-electron chi connectivity index (χ3n) is 2.78. The first kappa shape index (κ1) is 15.1. The number of ether oxygens (including phenoxy) is 1. The molecule has 1 unspecified atom stereocenters. The summed E-state index contributed by atoms with van der Waals surface area (Å²) in [5, 5.41) is 10.5. The molecule has 2 rings (SSSR count). The molecule has 1 heterocycles. The molecule has 102 valence electrons. The van der Waals surface area contributed by atoms with Crippen molar-refractivity contribution in [3.8, 4) is 5.75 Å². The van der Waals surface area contributed by atoms with Crippen LogP contribution in [0, 0.1) is 6.92 Å². The van der Waals surface area contributed by atoms with E-state index in [-0.39, 0.29) is 0 Å². The highest BCUT2D eigenvalue weighted by atomic mass is 79.9. The SMILES string of the molecule is COc1cc(C)c(Br)cc1C(O)c1cc(Cl)sc1Cl. The molecule has 1 N–H and O–H groups in total. The number of halogens is 3. The number of benzene rings is 1. The monoisotopic (exact) mass is 380 g/mol. The second kappa shape index (κ2) is 6.02. The maximum absolute atomic E-state index is 10.5. The fourth-order valence-electron chi connectivity index (χ4n) is 1.77. The quantitative estimate of drug-likeness (QED) is 0.789. The Bertz CT molecular complexity index is 613. The number of aliphatic hydroxyl groups excluding tert-OH is 1. The van der Waals surface area contributed by atoms with Crippen molar-refractivity contribution in [3.05, 3.63) is 48.0 Å². The summed E-state index contributed by atoms with van der Waals surface area (Å²) in [5.74, 6) is 0.617. The first-order valence-corrected chi connectivity index (χ1v) is 7.77. The van der Waals surface area contributed by atoms with Crippen molar-refractivity contribution in [3.63, 3.8) is 0 Å². The number of hydrogen-bond acceptors (Lipinski definition) is 3. The zero-order chi connectivity index (χ0) is 14.2. The van der Waals surface area contributed by atoms with Crippen LogP contribution in [0.25, 0.3) is 0 Å². The van der Waals surface area contributed by atoms with Crippen LogP contribution in [0.1, 0.15) is 22.8 Å². The Kier molecular flexibility index (Phi) is 4.79. The first-order valence-electron chi connectivity index (χ1n) is 5.41. The molecule has 2 aromatic rings. The summed E-state index contributed by atoms with van der Waals surface area (Å²) in [6, 6.07) is 5.37. The standard InChI is InChI=1S/C13H11BrCl2O2S/c1-6-3-10(18-2)7(4-9(6)14)12(17)8-5-11(15)19-13(8)16/h3-5,12,17H,1-2H3. The number of thiophene rings is 1. The summed E-state index contributed by atoms with van der Waals surface area (Å²) < 4.78 is 7.25. The molecule has 0 fully saturated rings. The van der Waals surface area contributed by atoms with Gasteiger partial charge >= 0.3 is 0 Å². The van der Waals surface area contributed by atoms with Crippen LogP contribution in [-0.2, 0) is 0 Å². The van der Waals surface area contributed by atoms with Gasteiger partial charge in [0.2, 0.25) is 0 Å². The lowest BCUT2D eigenvalue weighted by Gasteiger charge is -2.16. The third-order valence-corrected chi connectivity index (χ3v) is 5.16. The largest absolute Gasteiger partial charge is 0.496 e. The van der Waals surface area contributed by atoms with Crippen LogP contribution in [0.3, 0.4) is 0 Å². The molecule has 0 amide bonds. The van der Waals surface area contributed by atoms with E-state index in [2.05, 4.69) is 15.9 Å². The Labute approximate surface area is 134 Å². The topological polar surface area (TPSA) is 29.5 Å². The van der Waals surface area contributed by atoms with Crippen LogP contribution in [-0.4, -0.2) is 12.2 Å². The van der Waals surface area contributed by atoms with Gasteiger partial charge in [0.15, 0.2) is 0 Å². The summed E-state index contributed by atoms with van der Waals surface area (Å²) >= 11 is 16.7. The molecule has 1 atom stereocenters. The predicted molar refractivity (Wildman–Crippen MR) is 83.8 cm³/mol. The van der Waals surface area contributed by atoms with Crippen molar-refractivity contribution in [1.29, 1.82) is 0 Å². The van der Waals surface area contributed by atoms with Crippen molar-refractivity contribution >= 4 is 50.5 Å². The molecular formula is C13H11BrCl2O2S. The van der Waals surface area contributed by atoms with Gasteiger partial charge in [-0.1, -0.05) is 39.1 Å². The molecule has 19 heavy (non-hydrogen) atoms. The van der Waals surface area contributed by atoms with Gasteiger partial charge in [-0.15, -0.1) is 11.3 Å². The van der Waals surface area contributed by atoms with Gasteiger partial charge in [-0.2, -0.15) is 0 Å². The number of hydrogen-bond donors (Lipinski definition) is 1. The fourth-order valence-corrected chi connectivity index (χ4v) is 3.65. The van der Waals surface area contributed by atoms with Gasteiger partial charge in [-0.3, -0.25) is 0 Å². The van der Waals surface area contributed by atoms with Crippen molar-refractivity contribution in [2.45, 2.75) is 13.0 Å². The van der Waals surface area contributed by atoms with Crippen LogP contribution in [0.2, 0.25) is 8.67 Å². The molecule has 0 aliphatic carbocycles. The summed E-state index contributed by atoms with van der Waals surface area (Å²) in [5.41, 5.74) is 2.27. The molecule has 0 bridgehead atoms. The zero-order valence-corrected chi connectivity index (χ0v) is 14.1. The van der Waals surface area contributed by atoms with Crippen LogP contribution in [0.5, 0.6) is 5.75 Å². The maximum Gasteiger partial charge on any atom is 0.125 e. The Morgan fingerprint density at radius 3 is 2.47 bits per heavy atom. The van der Waals surface area contributed by atoms with Gasteiger partial charge in [0, 0.05) is 15.6 Å². The third kappa shape index (κ3) is 3.09. The van der Waals surface area contributed by atoms with Crippen molar-refractivity contribution < 1.29 is 9.84 Å². The van der Waals surface area contributed by atoms with E-state index in [1.54, 1.807) is 13.2 Å². The van der Waals surface area contributed by atoms with E-state index >= 15 is 0 Å².